The summed E-state index contributed by atoms with van der Waals surface area (Å²) in [6.45, 7) is 6.45. The van der Waals surface area contributed by atoms with Crippen molar-refractivity contribution >= 4 is 15.9 Å². The largest absolute Gasteiger partial charge is 0.328 e. The molecule has 3 N–H and O–H groups in total. The topological polar surface area (TPSA) is 97.5 Å². The van der Waals surface area contributed by atoms with E-state index < -0.39 is 16.2 Å². The number of carbonyl (C=O) groups is 1. The van der Waals surface area contributed by atoms with Crippen molar-refractivity contribution in [3.8, 4) is 0 Å². The van der Waals surface area contributed by atoms with Crippen molar-refractivity contribution in [2.45, 2.75) is 25.8 Å². The van der Waals surface area contributed by atoms with Crippen molar-refractivity contribution in [1.29, 1.82) is 0 Å². The molecule has 0 aromatic carbocycles. The van der Waals surface area contributed by atoms with Crippen LogP contribution < -0.4 is 5.73 Å². The second-order valence-electron chi connectivity index (χ2n) is 5.56. The third-order valence-corrected chi connectivity index (χ3v) is 3.77. The number of rotatable bonds is 9. The summed E-state index contributed by atoms with van der Waals surface area (Å²) >= 11 is 0. The fourth-order valence-electron chi connectivity index (χ4n) is 1.72. The first-order chi connectivity index (χ1) is 8.44. The predicted molar refractivity (Wildman–Crippen MR) is 75.3 cm³/mol. The maximum absolute atomic E-state index is 11.6. The van der Waals surface area contributed by atoms with Crippen LogP contribution >= 0.6 is 0 Å². The van der Waals surface area contributed by atoms with E-state index >= 15 is 0 Å². The molecule has 0 aliphatic heterocycles. The summed E-state index contributed by atoms with van der Waals surface area (Å²) in [5, 5.41) is 0. The Kier molecular flexibility index (Phi) is 6.85. The number of nitrogens with zero attached hydrogens (tertiary/aromatic N) is 1. The summed E-state index contributed by atoms with van der Waals surface area (Å²) in [6.07, 6.45) is 0.889. The molecular formula is C12H25N2O4S+. The Morgan fingerprint density at radius 3 is 2.32 bits per heavy atom. The van der Waals surface area contributed by atoms with E-state index in [-0.39, 0.29) is 11.5 Å². The fraction of sp³-hybridized carbons (Fsp3) is 0.750. The van der Waals surface area contributed by atoms with E-state index in [9.17, 15) is 13.2 Å². The summed E-state index contributed by atoms with van der Waals surface area (Å²) in [5.41, 5.74) is 6.22. The first kappa shape index (κ1) is 18.2. The number of carbonyl (C=O) groups excluding carboxylic acids is 1. The zero-order valence-corrected chi connectivity index (χ0v) is 12.7. The minimum atomic E-state index is -3.90. The predicted octanol–water partition coefficient (Wildman–Crippen LogP) is 0.203. The molecule has 0 saturated heterocycles. The molecule has 6 nitrogen and oxygen atoms in total. The lowest BCUT2D eigenvalue weighted by molar-refractivity contribution is -0.890. The molecule has 0 rings (SSSR count). The van der Waals surface area contributed by atoms with Gasteiger partial charge in [0.1, 0.15) is 0 Å². The van der Waals surface area contributed by atoms with Gasteiger partial charge in [0.2, 0.25) is 0 Å². The van der Waals surface area contributed by atoms with Crippen molar-refractivity contribution < 1.29 is 22.2 Å². The van der Waals surface area contributed by atoms with Gasteiger partial charge in [-0.15, -0.1) is 0 Å². The molecule has 0 aromatic rings. The maximum atomic E-state index is 11.6. The summed E-state index contributed by atoms with van der Waals surface area (Å²) in [5.74, 6) is -0.385. The third kappa shape index (κ3) is 8.88. The van der Waals surface area contributed by atoms with Gasteiger partial charge < -0.3 is 10.2 Å². The molecule has 0 fully saturated rings. The Morgan fingerprint density at radius 1 is 1.37 bits per heavy atom. The fourth-order valence-corrected chi connectivity index (χ4v) is 2.22. The quantitative estimate of drug-likeness (QED) is 0.360. The van der Waals surface area contributed by atoms with Crippen LogP contribution in [0, 0.1) is 0 Å². The Bertz CT molecular complexity index is 429. The third-order valence-electron chi connectivity index (χ3n) is 2.97. The van der Waals surface area contributed by atoms with Crippen LogP contribution in [0.15, 0.2) is 12.2 Å². The molecule has 0 aliphatic carbocycles. The van der Waals surface area contributed by atoms with Gasteiger partial charge in [0.05, 0.1) is 39.0 Å². The average molecular weight is 293 g/mol. The Morgan fingerprint density at radius 2 is 1.89 bits per heavy atom. The smallest absolute Gasteiger partial charge is 0.265 e. The molecule has 0 bridgehead atoms. The van der Waals surface area contributed by atoms with E-state index in [0.717, 1.165) is 0 Å². The van der Waals surface area contributed by atoms with Gasteiger partial charge in [-0.1, -0.05) is 6.58 Å². The standard InChI is InChI=1S/C12H24N2O4S/c1-10(2)12(15)11(13)6-8-14(3,4)7-5-9-19(16,17)18/h11H,1,5-9,13H2,2-4H3/p+1. The lowest BCUT2D eigenvalue weighted by Crippen LogP contribution is -2.45. The number of nitrogens with two attached hydrogens (primary N) is 1. The molecule has 0 spiro atoms. The minimum absolute atomic E-state index is 0.141. The molecule has 0 aromatic heterocycles. The van der Waals surface area contributed by atoms with Crippen molar-refractivity contribution in [1.82, 2.24) is 0 Å². The zero-order chi connectivity index (χ0) is 15.3. The van der Waals surface area contributed by atoms with E-state index in [0.29, 0.717) is 36.0 Å². The normalized spacial score (nSPS) is 14.2. The minimum Gasteiger partial charge on any atom is -0.328 e. The molecule has 0 amide bonds. The van der Waals surface area contributed by atoms with E-state index in [1.165, 1.54) is 0 Å². The Balaban J connectivity index is 4.16. The lowest BCUT2D eigenvalue weighted by Gasteiger charge is -2.30. The second kappa shape index (κ2) is 7.14. The molecule has 0 aliphatic rings. The van der Waals surface area contributed by atoms with Crippen molar-refractivity contribution in [2.75, 3.05) is 32.9 Å². The summed E-state index contributed by atoms with van der Waals surface area (Å²) < 4.78 is 30.4. The van der Waals surface area contributed by atoms with Crippen LogP contribution in [0.25, 0.3) is 0 Å². The second-order valence-corrected chi connectivity index (χ2v) is 7.13. The average Bonchev–Trinajstić information content (AvgIpc) is 2.22. The van der Waals surface area contributed by atoms with Crippen LogP contribution in [-0.4, -0.2) is 62.2 Å². The number of hydrogen-bond donors (Lipinski definition) is 2. The van der Waals surface area contributed by atoms with Crippen LogP contribution in [0.1, 0.15) is 19.8 Å². The van der Waals surface area contributed by atoms with Gasteiger partial charge in [0, 0.05) is 12.8 Å². The van der Waals surface area contributed by atoms with Gasteiger partial charge in [0.25, 0.3) is 10.1 Å². The SMILES string of the molecule is C=C(C)C(=O)C(N)CC[N+](C)(C)CCCS(=O)(=O)O. The monoisotopic (exact) mass is 293 g/mol. The van der Waals surface area contributed by atoms with Crippen LogP contribution in [0.3, 0.4) is 0 Å². The van der Waals surface area contributed by atoms with Crippen molar-refractivity contribution in [2.24, 2.45) is 5.73 Å². The zero-order valence-electron chi connectivity index (χ0n) is 11.9. The van der Waals surface area contributed by atoms with Crippen LogP contribution in [-0.2, 0) is 14.9 Å². The molecule has 0 saturated carbocycles. The Hall–Kier alpha value is -0.760. The maximum Gasteiger partial charge on any atom is 0.265 e. The van der Waals surface area contributed by atoms with E-state index in [4.69, 9.17) is 10.3 Å². The molecule has 7 heteroatoms. The van der Waals surface area contributed by atoms with Gasteiger partial charge in [-0.25, -0.2) is 0 Å². The molecule has 1 unspecified atom stereocenters. The highest BCUT2D eigenvalue weighted by Crippen LogP contribution is 2.06. The number of ketones is 1. The van der Waals surface area contributed by atoms with Crippen molar-refractivity contribution in [3.63, 3.8) is 0 Å². The highest BCUT2D eigenvalue weighted by molar-refractivity contribution is 7.85. The van der Waals surface area contributed by atoms with Gasteiger partial charge in [-0.3, -0.25) is 9.35 Å². The van der Waals surface area contributed by atoms with Gasteiger partial charge in [-0.05, 0) is 12.5 Å². The molecule has 1 atom stereocenters. The number of quaternary nitrogens is 1. The molecule has 112 valence electrons. The van der Waals surface area contributed by atoms with Gasteiger partial charge in [0.15, 0.2) is 5.78 Å². The summed E-state index contributed by atoms with van der Waals surface area (Å²) in [7, 11) is -0.0379. The van der Waals surface area contributed by atoms with Crippen LogP contribution in [0.2, 0.25) is 0 Å². The van der Waals surface area contributed by atoms with Crippen LogP contribution in [0.4, 0.5) is 0 Å². The lowest BCUT2D eigenvalue weighted by atomic mass is 10.0. The summed E-state index contributed by atoms with van der Waals surface area (Å²) in [4.78, 5) is 11.6. The number of Topliss-reactive ketones (excluding diaryl/α,β-unsaturated/α-hetero) is 1. The van der Waals surface area contributed by atoms with Gasteiger partial charge >= 0.3 is 0 Å². The van der Waals surface area contributed by atoms with E-state index in [1.807, 2.05) is 14.1 Å². The highest BCUT2D eigenvalue weighted by atomic mass is 32.2. The number of hydrogen-bond acceptors (Lipinski definition) is 4. The van der Waals surface area contributed by atoms with E-state index in [2.05, 4.69) is 6.58 Å². The molecule has 19 heavy (non-hydrogen) atoms. The highest BCUT2D eigenvalue weighted by Gasteiger charge is 2.21. The molecular weight excluding hydrogens is 268 g/mol. The Labute approximate surface area is 115 Å². The molecule has 0 heterocycles. The van der Waals surface area contributed by atoms with Crippen molar-refractivity contribution in [3.05, 3.63) is 12.2 Å². The summed E-state index contributed by atoms with van der Waals surface area (Å²) in [6, 6.07) is -0.559. The molecule has 0 radical (unpaired) electrons. The first-order valence-electron chi connectivity index (χ1n) is 6.17. The van der Waals surface area contributed by atoms with E-state index in [1.54, 1.807) is 6.92 Å². The van der Waals surface area contributed by atoms with Crippen LogP contribution in [0.5, 0.6) is 0 Å². The first-order valence-corrected chi connectivity index (χ1v) is 7.78. The van der Waals surface area contributed by atoms with Gasteiger partial charge in [-0.2, -0.15) is 8.42 Å².